The zero-order chi connectivity index (χ0) is 21.8. The number of methoxy groups -OCH3 is 1. The molecule has 0 unspecified atom stereocenters. The predicted molar refractivity (Wildman–Crippen MR) is 107 cm³/mol. The van der Waals surface area contributed by atoms with E-state index >= 15 is 0 Å². The van der Waals surface area contributed by atoms with E-state index in [2.05, 4.69) is 25.1 Å². The van der Waals surface area contributed by atoms with Crippen molar-refractivity contribution in [2.45, 2.75) is 24.5 Å². The Morgan fingerprint density at radius 1 is 1.03 bits per heavy atom. The number of thioether (sulfide) groups is 1. The number of halogens is 2. The van der Waals surface area contributed by atoms with Crippen LogP contribution in [0.3, 0.4) is 0 Å². The zero-order valence-corrected chi connectivity index (χ0v) is 17.2. The SMILES string of the molecule is COc1cc(-c2noc(CSc3nnc(-c4ccc(C)cc4)o3)n2)ccc1OC(F)F. The Labute approximate surface area is 179 Å². The molecule has 4 rings (SSSR count). The predicted octanol–water partition coefficient (Wildman–Crippen LogP) is 5.00. The first-order valence-corrected chi connectivity index (χ1v) is 9.99. The first-order valence-electron chi connectivity index (χ1n) is 9.01. The summed E-state index contributed by atoms with van der Waals surface area (Å²) in [6.45, 7) is -0.955. The molecule has 0 aliphatic rings. The first kappa shape index (κ1) is 20.8. The summed E-state index contributed by atoms with van der Waals surface area (Å²) in [6.07, 6.45) is 0. The Hall–Kier alpha value is -3.47. The van der Waals surface area contributed by atoms with Gasteiger partial charge in [0, 0.05) is 11.1 Å². The number of aromatic nitrogens is 4. The molecular formula is C20H16F2N4O4S. The second-order valence-corrected chi connectivity index (χ2v) is 7.21. The molecule has 0 spiro atoms. The van der Waals surface area contributed by atoms with Crippen LogP contribution in [0.2, 0.25) is 0 Å². The van der Waals surface area contributed by atoms with E-state index in [1.54, 1.807) is 0 Å². The summed E-state index contributed by atoms with van der Waals surface area (Å²) in [6, 6.07) is 12.1. The molecule has 8 nitrogen and oxygen atoms in total. The number of hydrogen-bond acceptors (Lipinski definition) is 9. The van der Waals surface area contributed by atoms with E-state index in [-0.39, 0.29) is 17.3 Å². The maximum Gasteiger partial charge on any atom is 0.387 e. The molecule has 0 saturated heterocycles. The fourth-order valence-electron chi connectivity index (χ4n) is 2.64. The summed E-state index contributed by atoms with van der Waals surface area (Å²) in [5, 5.41) is 12.3. The third-order valence-electron chi connectivity index (χ3n) is 4.13. The molecule has 0 bridgehead atoms. The lowest BCUT2D eigenvalue weighted by Crippen LogP contribution is -2.03. The second kappa shape index (κ2) is 9.13. The van der Waals surface area contributed by atoms with E-state index in [0.29, 0.717) is 28.3 Å². The van der Waals surface area contributed by atoms with Crippen LogP contribution >= 0.6 is 11.8 Å². The minimum absolute atomic E-state index is 0.0821. The Kier molecular flexibility index (Phi) is 6.12. The third-order valence-corrected chi connectivity index (χ3v) is 4.93. The highest BCUT2D eigenvalue weighted by molar-refractivity contribution is 7.98. The number of ether oxygens (including phenoxy) is 2. The number of aryl methyl sites for hydroxylation is 1. The summed E-state index contributed by atoms with van der Waals surface area (Å²) in [5.74, 6) is 1.40. The monoisotopic (exact) mass is 446 g/mol. The molecule has 0 aliphatic carbocycles. The van der Waals surface area contributed by atoms with Gasteiger partial charge in [-0.05, 0) is 37.3 Å². The lowest BCUT2D eigenvalue weighted by molar-refractivity contribution is -0.0512. The van der Waals surface area contributed by atoms with Crippen molar-refractivity contribution in [2.75, 3.05) is 7.11 Å². The van der Waals surface area contributed by atoms with Gasteiger partial charge in [-0.25, -0.2) is 0 Å². The van der Waals surface area contributed by atoms with E-state index in [1.165, 1.54) is 37.1 Å². The Morgan fingerprint density at radius 3 is 2.55 bits per heavy atom. The second-order valence-electron chi connectivity index (χ2n) is 6.28. The largest absolute Gasteiger partial charge is 0.493 e. The maximum absolute atomic E-state index is 12.5. The van der Waals surface area contributed by atoms with Gasteiger partial charge in [-0.2, -0.15) is 13.8 Å². The number of benzene rings is 2. The highest BCUT2D eigenvalue weighted by Gasteiger charge is 2.16. The smallest absolute Gasteiger partial charge is 0.387 e. The fraction of sp³-hybridized carbons (Fsp3) is 0.200. The quantitative estimate of drug-likeness (QED) is 0.347. The highest BCUT2D eigenvalue weighted by atomic mass is 32.2. The van der Waals surface area contributed by atoms with E-state index in [1.807, 2.05) is 31.2 Å². The van der Waals surface area contributed by atoms with Crippen LogP contribution < -0.4 is 9.47 Å². The van der Waals surface area contributed by atoms with Gasteiger partial charge in [0.1, 0.15) is 0 Å². The van der Waals surface area contributed by atoms with Gasteiger partial charge in [-0.1, -0.05) is 34.6 Å². The average molecular weight is 446 g/mol. The van der Waals surface area contributed by atoms with Crippen molar-refractivity contribution in [1.82, 2.24) is 20.3 Å². The summed E-state index contributed by atoms with van der Waals surface area (Å²) in [4.78, 5) is 4.30. The summed E-state index contributed by atoms with van der Waals surface area (Å²) < 4.78 is 45.3. The van der Waals surface area contributed by atoms with Crippen LogP contribution in [0.25, 0.3) is 22.8 Å². The van der Waals surface area contributed by atoms with Crippen molar-refractivity contribution in [3.05, 3.63) is 53.9 Å². The van der Waals surface area contributed by atoms with Crippen molar-refractivity contribution < 1.29 is 27.2 Å². The molecule has 0 atom stereocenters. The van der Waals surface area contributed by atoms with E-state index < -0.39 is 6.61 Å². The van der Waals surface area contributed by atoms with Crippen LogP contribution in [0.15, 0.2) is 56.6 Å². The van der Waals surface area contributed by atoms with Gasteiger partial charge in [0.25, 0.3) is 5.22 Å². The van der Waals surface area contributed by atoms with Gasteiger partial charge in [0.2, 0.25) is 17.6 Å². The molecule has 2 heterocycles. The van der Waals surface area contributed by atoms with Crippen molar-refractivity contribution in [1.29, 1.82) is 0 Å². The molecule has 160 valence electrons. The Balaban J connectivity index is 1.42. The fourth-order valence-corrected chi connectivity index (χ4v) is 3.24. The molecule has 2 aromatic heterocycles. The normalized spacial score (nSPS) is 11.1. The van der Waals surface area contributed by atoms with Crippen molar-refractivity contribution in [3.8, 4) is 34.3 Å². The lowest BCUT2D eigenvalue weighted by Gasteiger charge is -2.10. The number of nitrogens with zero attached hydrogens (tertiary/aromatic N) is 4. The van der Waals surface area contributed by atoms with Crippen LogP contribution in [0, 0.1) is 6.92 Å². The lowest BCUT2D eigenvalue weighted by atomic mass is 10.1. The van der Waals surface area contributed by atoms with E-state index in [4.69, 9.17) is 13.7 Å². The first-order chi connectivity index (χ1) is 15.0. The average Bonchev–Trinajstić information content (AvgIpc) is 3.42. The Bertz CT molecular complexity index is 1160. The number of rotatable bonds is 8. The summed E-state index contributed by atoms with van der Waals surface area (Å²) >= 11 is 1.25. The molecule has 0 amide bonds. The minimum Gasteiger partial charge on any atom is -0.493 e. The van der Waals surface area contributed by atoms with Crippen molar-refractivity contribution in [3.63, 3.8) is 0 Å². The van der Waals surface area contributed by atoms with E-state index in [9.17, 15) is 8.78 Å². The van der Waals surface area contributed by atoms with Gasteiger partial charge < -0.3 is 18.4 Å². The van der Waals surface area contributed by atoms with Crippen LogP contribution in [0.5, 0.6) is 11.5 Å². The summed E-state index contributed by atoms with van der Waals surface area (Å²) in [7, 11) is 1.35. The molecule has 31 heavy (non-hydrogen) atoms. The summed E-state index contributed by atoms with van der Waals surface area (Å²) in [5.41, 5.74) is 2.50. The van der Waals surface area contributed by atoms with Crippen LogP contribution in [-0.2, 0) is 5.75 Å². The molecule has 0 fully saturated rings. The third kappa shape index (κ3) is 5.00. The van der Waals surface area contributed by atoms with Gasteiger partial charge in [-0.3, -0.25) is 0 Å². The van der Waals surface area contributed by atoms with Gasteiger partial charge in [-0.15, -0.1) is 10.2 Å². The Morgan fingerprint density at radius 2 is 1.81 bits per heavy atom. The van der Waals surface area contributed by atoms with Crippen LogP contribution in [-0.4, -0.2) is 34.1 Å². The minimum atomic E-state index is -2.95. The van der Waals surface area contributed by atoms with Gasteiger partial charge in [0.15, 0.2) is 11.5 Å². The molecule has 0 aliphatic heterocycles. The standard InChI is InChI=1S/C20H16F2N4O4S/c1-11-3-5-12(6-4-11)18-24-25-20(29-18)31-10-16-23-17(26-30-16)13-7-8-14(28-19(21)22)15(9-13)27-2/h3-9,19H,10H2,1-2H3. The molecule has 0 saturated carbocycles. The van der Waals surface area contributed by atoms with Gasteiger partial charge >= 0.3 is 6.61 Å². The molecule has 11 heteroatoms. The molecule has 4 aromatic rings. The molecule has 0 N–H and O–H groups in total. The van der Waals surface area contributed by atoms with Crippen molar-refractivity contribution >= 4 is 11.8 Å². The number of hydrogen-bond donors (Lipinski definition) is 0. The topological polar surface area (TPSA) is 96.3 Å². The highest BCUT2D eigenvalue weighted by Crippen LogP contribution is 2.33. The zero-order valence-electron chi connectivity index (χ0n) is 16.4. The molecular weight excluding hydrogens is 430 g/mol. The van der Waals surface area contributed by atoms with Crippen LogP contribution in [0.1, 0.15) is 11.5 Å². The van der Waals surface area contributed by atoms with Crippen LogP contribution in [0.4, 0.5) is 8.78 Å². The molecule has 2 aromatic carbocycles. The van der Waals surface area contributed by atoms with Crippen molar-refractivity contribution in [2.24, 2.45) is 0 Å². The molecule has 0 radical (unpaired) electrons. The number of alkyl halides is 2. The van der Waals surface area contributed by atoms with E-state index in [0.717, 1.165) is 11.1 Å². The van der Waals surface area contributed by atoms with Gasteiger partial charge in [0.05, 0.1) is 12.9 Å². The maximum atomic E-state index is 12.5.